The number of methoxy groups -OCH3 is 2. The van der Waals surface area contributed by atoms with Crippen LogP contribution in [0.3, 0.4) is 0 Å². The number of nitrogens with two attached hydrogens (primary N) is 1. The molecule has 2 rings (SSSR count). The molecule has 1 amide bonds. The van der Waals surface area contributed by atoms with Gasteiger partial charge in [0, 0.05) is 17.8 Å². The summed E-state index contributed by atoms with van der Waals surface area (Å²) in [7, 11) is -1.59. The van der Waals surface area contributed by atoms with E-state index in [1.165, 1.54) is 38.5 Å². The number of hydrogen-bond donors (Lipinski definition) is 2. The lowest BCUT2D eigenvalue weighted by molar-refractivity contribution is -0.119. The molecule has 0 bridgehead atoms. The number of rotatable bonds is 8. The van der Waals surface area contributed by atoms with Crippen LogP contribution in [0.25, 0.3) is 0 Å². The first-order valence-electron chi connectivity index (χ1n) is 7.22. The van der Waals surface area contributed by atoms with Crippen molar-refractivity contribution in [2.75, 3.05) is 25.5 Å². The molecule has 0 radical (unpaired) electrons. The molecule has 0 spiro atoms. The summed E-state index contributed by atoms with van der Waals surface area (Å²) in [6, 6.07) is 7.62. The Morgan fingerprint density at radius 3 is 2.23 bits per heavy atom. The Morgan fingerprint density at radius 2 is 1.69 bits per heavy atom. The highest BCUT2D eigenvalue weighted by atomic mass is 32.2. The second kappa shape index (κ2) is 7.91. The molecule has 140 valence electrons. The van der Waals surface area contributed by atoms with Gasteiger partial charge in [0.05, 0.1) is 14.2 Å². The largest absolute Gasteiger partial charge is 0.493 e. The van der Waals surface area contributed by atoms with Gasteiger partial charge in [0.15, 0.2) is 18.1 Å². The Labute approximate surface area is 149 Å². The molecular weight excluding hydrogens is 367 g/mol. The van der Waals surface area contributed by atoms with Gasteiger partial charge >= 0.3 is 0 Å². The Kier molecular flexibility index (Phi) is 5.88. The summed E-state index contributed by atoms with van der Waals surface area (Å²) in [6.07, 6.45) is 0. The summed E-state index contributed by atoms with van der Waals surface area (Å²) in [5.74, 6) is -1.16. The minimum Gasteiger partial charge on any atom is -0.493 e. The third-order valence-electron chi connectivity index (χ3n) is 3.22. The Balaban J connectivity index is 2.24. The smallest absolute Gasteiger partial charge is 0.264 e. The zero-order valence-corrected chi connectivity index (χ0v) is 14.8. The maximum Gasteiger partial charge on any atom is 0.264 e. The molecule has 3 N–H and O–H groups in total. The van der Waals surface area contributed by atoms with Gasteiger partial charge in [-0.25, -0.2) is 12.8 Å². The first-order valence-corrected chi connectivity index (χ1v) is 8.70. The van der Waals surface area contributed by atoms with E-state index in [1.54, 1.807) is 0 Å². The van der Waals surface area contributed by atoms with Crippen LogP contribution in [-0.4, -0.2) is 35.2 Å². The fraction of sp³-hybridized carbons (Fsp3) is 0.188. The van der Waals surface area contributed by atoms with E-state index in [9.17, 15) is 17.6 Å². The van der Waals surface area contributed by atoms with E-state index >= 15 is 0 Å². The number of primary amides is 1. The molecule has 10 heteroatoms. The zero-order chi connectivity index (χ0) is 19.3. The number of hydrogen-bond acceptors (Lipinski definition) is 6. The Bertz CT molecular complexity index is 900. The van der Waals surface area contributed by atoms with Crippen LogP contribution in [0.2, 0.25) is 0 Å². The predicted octanol–water partition coefficient (Wildman–Crippen LogP) is 1.51. The molecule has 8 nitrogen and oxygen atoms in total. The molecule has 0 aliphatic carbocycles. The number of ether oxygens (including phenoxy) is 3. The van der Waals surface area contributed by atoms with E-state index in [0.717, 1.165) is 12.1 Å². The quantitative estimate of drug-likeness (QED) is 0.712. The van der Waals surface area contributed by atoms with E-state index in [-0.39, 0.29) is 23.8 Å². The highest BCUT2D eigenvalue weighted by Crippen LogP contribution is 2.32. The van der Waals surface area contributed by atoms with Crippen LogP contribution in [0, 0.1) is 5.82 Å². The minimum absolute atomic E-state index is 0.0694. The van der Waals surface area contributed by atoms with Gasteiger partial charge in [-0.3, -0.25) is 9.52 Å². The third kappa shape index (κ3) is 4.54. The van der Waals surface area contributed by atoms with Gasteiger partial charge in [-0.2, -0.15) is 0 Å². The summed E-state index contributed by atoms with van der Waals surface area (Å²) < 4.78 is 56.3. The van der Waals surface area contributed by atoms with Crippen molar-refractivity contribution in [3.05, 3.63) is 42.2 Å². The lowest BCUT2D eigenvalue weighted by atomic mass is 10.3. The lowest BCUT2D eigenvalue weighted by Gasteiger charge is -2.13. The molecule has 2 aromatic rings. The summed E-state index contributed by atoms with van der Waals surface area (Å²) in [5.41, 5.74) is 5.14. The highest BCUT2D eigenvalue weighted by Gasteiger charge is 2.23. The standard InChI is InChI=1S/C16H17FN2O6S/c1-23-13-7-12(17)15(8-14(13)24-2)26(21,22)19-10-3-5-11(6-4-10)25-9-16(18)20/h3-8,19H,9H2,1-2H3,(H2,18,20). The highest BCUT2D eigenvalue weighted by molar-refractivity contribution is 7.92. The van der Waals surface area contributed by atoms with E-state index in [2.05, 4.69) is 4.72 Å². The van der Waals surface area contributed by atoms with Crippen molar-refractivity contribution in [3.63, 3.8) is 0 Å². The lowest BCUT2D eigenvalue weighted by Crippen LogP contribution is -2.20. The summed E-state index contributed by atoms with van der Waals surface area (Å²) >= 11 is 0. The molecule has 0 heterocycles. The van der Waals surface area contributed by atoms with Gasteiger partial charge < -0.3 is 19.9 Å². The second-order valence-electron chi connectivity index (χ2n) is 5.02. The van der Waals surface area contributed by atoms with Crippen molar-refractivity contribution in [1.82, 2.24) is 0 Å². The van der Waals surface area contributed by atoms with Crippen LogP contribution in [0.1, 0.15) is 0 Å². The predicted molar refractivity (Wildman–Crippen MR) is 91.4 cm³/mol. The van der Waals surface area contributed by atoms with Gasteiger partial charge in [0.2, 0.25) is 0 Å². The van der Waals surface area contributed by atoms with Gasteiger partial charge in [-0.1, -0.05) is 0 Å². The van der Waals surface area contributed by atoms with Crippen LogP contribution in [0.5, 0.6) is 17.2 Å². The molecular formula is C16H17FN2O6S. The number of carbonyl (C=O) groups is 1. The van der Waals surface area contributed by atoms with E-state index in [1.807, 2.05) is 0 Å². The fourth-order valence-electron chi connectivity index (χ4n) is 2.03. The molecule has 0 fully saturated rings. The molecule has 26 heavy (non-hydrogen) atoms. The Hall–Kier alpha value is -3.01. The van der Waals surface area contributed by atoms with Crippen molar-refractivity contribution in [2.45, 2.75) is 4.90 Å². The first kappa shape index (κ1) is 19.3. The SMILES string of the molecule is COc1cc(F)c(S(=O)(=O)Nc2ccc(OCC(N)=O)cc2)cc1OC. The monoisotopic (exact) mass is 384 g/mol. The topological polar surface area (TPSA) is 117 Å². The van der Waals surface area contributed by atoms with Crippen molar-refractivity contribution in [2.24, 2.45) is 5.73 Å². The van der Waals surface area contributed by atoms with E-state index in [4.69, 9.17) is 19.9 Å². The van der Waals surface area contributed by atoms with Crippen molar-refractivity contribution < 1.29 is 31.8 Å². The number of amides is 1. The fourth-order valence-corrected chi connectivity index (χ4v) is 3.16. The normalized spacial score (nSPS) is 10.9. The number of nitrogens with one attached hydrogen (secondary N) is 1. The molecule has 0 saturated heterocycles. The maximum atomic E-state index is 14.2. The van der Waals surface area contributed by atoms with Gasteiger partial charge in [0.1, 0.15) is 16.5 Å². The number of anilines is 1. The molecule has 0 aliphatic rings. The van der Waals surface area contributed by atoms with Crippen LogP contribution in [0.4, 0.5) is 10.1 Å². The number of benzene rings is 2. The number of halogens is 1. The molecule has 0 unspecified atom stereocenters. The van der Waals surface area contributed by atoms with Gasteiger partial charge in [-0.05, 0) is 24.3 Å². The van der Waals surface area contributed by atoms with Crippen LogP contribution in [-0.2, 0) is 14.8 Å². The minimum atomic E-state index is -4.22. The van der Waals surface area contributed by atoms with Crippen LogP contribution >= 0.6 is 0 Å². The van der Waals surface area contributed by atoms with Crippen LogP contribution in [0.15, 0.2) is 41.3 Å². The molecule has 0 aromatic heterocycles. The van der Waals surface area contributed by atoms with E-state index < -0.39 is 26.6 Å². The molecule has 0 saturated carbocycles. The number of carbonyl (C=O) groups excluding carboxylic acids is 1. The second-order valence-corrected chi connectivity index (χ2v) is 6.67. The summed E-state index contributed by atoms with van der Waals surface area (Å²) in [5, 5.41) is 0. The number of sulfonamides is 1. The summed E-state index contributed by atoms with van der Waals surface area (Å²) in [6.45, 7) is -0.304. The van der Waals surface area contributed by atoms with Crippen molar-refractivity contribution in [1.29, 1.82) is 0 Å². The van der Waals surface area contributed by atoms with E-state index in [0.29, 0.717) is 5.75 Å². The average molecular weight is 384 g/mol. The van der Waals surface area contributed by atoms with Crippen molar-refractivity contribution >= 4 is 21.6 Å². The Morgan fingerprint density at radius 1 is 1.12 bits per heavy atom. The average Bonchev–Trinajstić information content (AvgIpc) is 2.60. The van der Waals surface area contributed by atoms with Crippen molar-refractivity contribution in [3.8, 4) is 17.2 Å². The first-order chi connectivity index (χ1) is 12.3. The molecule has 0 aliphatic heterocycles. The van der Waals surface area contributed by atoms with Crippen LogP contribution < -0.4 is 24.7 Å². The maximum absolute atomic E-state index is 14.2. The molecule has 2 aromatic carbocycles. The van der Waals surface area contributed by atoms with Gasteiger partial charge in [-0.15, -0.1) is 0 Å². The molecule has 0 atom stereocenters. The zero-order valence-electron chi connectivity index (χ0n) is 14.0. The van der Waals surface area contributed by atoms with Gasteiger partial charge in [0.25, 0.3) is 15.9 Å². The third-order valence-corrected chi connectivity index (χ3v) is 4.61. The summed E-state index contributed by atoms with van der Waals surface area (Å²) in [4.78, 5) is 10.1.